The van der Waals surface area contributed by atoms with Gasteiger partial charge in [-0.25, -0.2) is 0 Å². The number of rotatable bonds is 1. The Labute approximate surface area is 75.6 Å². The molecule has 0 aliphatic rings. The molecule has 2 aromatic rings. The fourth-order valence-corrected chi connectivity index (χ4v) is 1.14. The predicted octanol–water partition coefficient (Wildman–Crippen LogP) is 2.36. The summed E-state index contributed by atoms with van der Waals surface area (Å²) in [6.45, 7) is 1.70. The van der Waals surface area contributed by atoms with Crippen LogP contribution in [-0.2, 0) is 0 Å². The second kappa shape index (κ2) is 2.94. The lowest BCUT2D eigenvalue weighted by molar-refractivity contribution is 0.420. The largest absolute Gasteiger partial charge is 0.503 e. The van der Waals surface area contributed by atoms with Crippen molar-refractivity contribution in [3.05, 3.63) is 36.0 Å². The van der Waals surface area contributed by atoms with Gasteiger partial charge in [-0.1, -0.05) is 35.5 Å². The van der Waals surface area contributed by atoms with E-state index in [2.05, 4.69) is 5.16 Å². The van der Waals surface area contributed by atoms with Gasteiger partial charge in [0, 0.05) is 5.56 Å². The van der Waals surface area contributed by atoms with Crippen molar-refractivity contribution < 1.29 is 9.63 Å². The normalized spacial score (nSPS) is 10.2. The topological polar surface area (TPSA) is 46.3 Å². The van der Waals surface area contributed by atoms with Gasteiger partial charge in [-0.05, 0) is 6.92 Å². The fourth-order valence-electron chi connectivity index (χ4n) is 1.14. The number of hydrogen-bond donors (Lipinski definition) is 1. The van der Waals surface area contributed by atoms with Crippen LogP contribution in [0.4, 0.5) is 0 Å². The third-order valence-electron chi connectivity index (χ3n) is 1.87. The summed E-state index contributed by atoms with van der Waals surface area (Å²) in [5.74, 6) is 0.546. The molecule has 3 heteroatoms. The molecule has 0 fully saturated rings. The highest BCUT2D eigenvalue weighted by Gasteiger charge is 2.12. The van der Waals surface area contributed by atoms with E-state index in [0.717, 1.165) is 5.56 Å². The summed E-state index contributed by atoms with van der Waals surface area (Å²) in [4.78, 5) is 0. The third-order valence-corrected chi connectivity index (χ3v) is 1.87. The average molecular weight is 175 g/mol. The molecule has 1 aromatic heterocycles. The number of aryl methyl sites for hydroxylation is 1. The Morgan fingerprint density at radius 3 is 2.46 bits per heavy atom. The Hall–Kier alpha value is -1.77. The van der Waals surface area contributed by atoms with Crippen LogP contribution in [0.25, 0.3) is 11.3 Å². The first-order valence-corrected chi connectivity index (χ1v) is 3.99. The van der Waals surface area contributed by atoms with Crippen molar-refractivity contribution in [2.45, 2.75) is 6.92 Å². The molecular weight excluding hydrogens is 166 g/mol. The van der Waals surface area contributed by atoms with E-state index >= 15 is 0 Å². The van der Waals surface area contributed by atoms with E-state index in [4.69, 9.17) is 4.52 Å². The second-order valence-electron chi connectivity index (χ2n) is 2.81. The quantitative estimate of drug-likeness (QED) is 0.723. The van der Waals surface area contributed by atoms with Gasteiger partial charge < -0.3 is 9.63 Å². The molecule has 0 saturated heterocycles. The maximum atomic E-state index is 9.53. The van der Waals surface area contributed by atoms with Crippen molar-refractivity contribution in [2.24, 2.45) is 0 Å². The van der Waals surface area contributed by atoms with Gasteiger partial charge in [-0.2, -0.15) is 0 Å². The van der Waals surface area contributed by atoms with Crippen LogP contribution in [-0.4, -0.2) is 10.3 Å². The monoisotopic (exact) mass is 175 g/mol. The number of aromatic nitrogens is 1. The molecule has 1 heterocycles. The molecule has 13 heavy (non-hydrogen) atoms. The van der Waals surface area contributed by atoms with Crippen LogP contribution in [0, 0.1) is 6.92 Å². The van der Waals surface area contributed by atoms with E-state index in [-0.39, 0.29) is 5.75 Å². The summed E-state index contributed by atoms with van der Waals surface area (Å²) in [5, 5.41) is 13.2. The number of aromatic hydroxyl groups is 1. The lowest BCUT2D eigenvalue weighted by atomic mass is 10.1. The van der Waals surface area contributed by atoms with E-state index in [1.54, 1.807) is 6.92 Å². The molecule has 0 saturated carbocycles. The lowest BCUT2D eigenvalue weighted by Crippen LogP contribution is -1.73. The summed E-state index contributed by atoms with van der Waals surface area (Å²) < 4.78 is 4.98. The van der Waals surface area contributed by atoms with Crippen molar-refractivity contribution in [1.82, 2.24) is 5.16 Å². The zero-order valence-corrected chi connectivity index (χ0v) is 7.19. The Morgan fingerprint density at radius 2 is 1.92 bits per heavy atom. The predicted molar refractivity (Wildman–Crippen MR) is 48.3 cm³/mol. The standard InChI is InChI=1S/C10H9NO2/c1-7-9(12)10(13-11-7)8-5-3-2-4-6-8/h2-6,12H,1H3. The summed E-state index contributed by atoms with van der Waals surface area (Å²) in [6.07, 6.45) is 0. The van der Waals surface area contributed by atoms with Crippen molar-refractivity contribution in [1.29, 1.82) is 0 Å². The van der Waals surface area contributed by atoms with Gasteiger partial charge in [0.05, 0.1) is 0 Å². The molecule has 0 amide bonds. The van der Waals surface area contributed by atoms with E-state index < -0.39 is 0 Å². The van der Waals surface area contributed by atoms with Crippen LogP contribution in [0.3, 0.4) is 0 Å². The minimum absolute atomic E-state index is 0.117. The molecule has 2 rings (SSSR count). The van der Waals surface area contributed by atoms with Gasteiger partial charge in [0.25, 0.3) is 0 Å². The van der Waals surface area contributed by atoms with Gasteiger partial charge in [0.1, 0.15) is 5.69 Å². The van der Waals surface area contributed by atoms with Crippen molar-refractivity contribution in [3.8, 4) is 17.1 Å². The molecule has 0 aliphatic heterocycles. The van der Waals surface area contributed by atoms with E-state index in [0.29, 0.717) is 11.5 Å². The fraction of sp³-hybridized carbons (Fsp3) is 0.100. The minimum Gasteiger partial charge on any atom is -0.503 e. The lowest BCUT2D eigenvalue weighted by Gasteiger charge is -1.94. The zero-order chi connectivity index (χ0) is 9.26. The zero-order valence-electron chi connectivity index (χ0n) is 7.19. The number of nitrogens with zero attached hydrogens (tertiary/aromatic N) is 1. The highest BCUT2D eigenvalue weighted by molar-refractivity contribution is 5.64. The van der Waals surface area contributed by atoms with E-state index in [1.165, 1.54) is 0 Å². The molecule has 0 unspecified atom stereocenters. The highest BCUT2D eigenvalue weighted by atomic mass is 16.5. The second-order valence-corrected chi connectivity index (χ2v) is 2.81. The Kier molecular flexibility index (Phi) is 1.77. The number of benzene rings is 1. The smallest absolute Gasteiger partial charge is 0.208 e. The molecule has 1 N–H and O–H groups in total. The molecule has 0 radical (unpaired) electrons. The molecule has 0 bridgehead atoms. The van der Waals surface area contributed by atoms with Crippen molar-refractivity contribution in [3.63, 3.8) is 0 Å². The van der Waals surface area contributed by atoms with Crippen LogP contribution < -0.4 is 0 Å². The van der Waals surface area contributed by atoms with Crippen LogP contribution in [0.2, 0.25) is 0 Å². The van der Waals surface area contributed by atoms with Gasteiger partial charge in [-0.3, -0.25) is 0 Å². The third kappa shape index (κ3) is 1.28. The maximum absolute atomic E-state index is 9.53. The van der Waals surface area contributed by atoms with Gasteiger partial charge in [0.2, 0.25) is 5.76 Å². The highest BCUT2D eigenvalue weighted by Crippen LogP contribution is 2.30. The Bertz CT molecular complexity index is 406. The molecule has 0 spiro atoms. The number of hydrogen-bond acceptors (Lipinski definition) is 3. The minimum atomic E-state index is 0.117. The molecule has 1 aromatic carbocycles. The van der Waals surface area contributed by atoms with Crippen LogP contribution in [0.5, 0.6) is 5.75 Å². The van der Waals surface area contributed by atoms with Crippen LogP contribution >= 0.6 is 0 Å². The molecule has 0 aliphatic carbocycles. The van der Waals surface area contributed by atoms with Crippen LogP contribution in [0.15, 0.2) is 34.9 Å². The molecule has 0 atom stereocenters. The summed E-state index contributed by atoms with van der Waals surface area (Å²) in [7, 11) is 0. The summed E-state index contributed by atoms with van der Waals surface area (Å²) in [5.41, 5.74) is 1.35. The maximum Gasteiger partial charge on any atom is 0.208 e. The van der Waals surface area contributed by atoms with E-state index in [1.807, 2.05) is 30.3 Å². The van der Waals surface area contributed by atoms with Gasteiger partial charge >= 0.3 is 0 Å². The van der Waals surface area contributed by atoms with Crippen LogP contribution in [0.1, 0.15) is 5.69 Å². The van der Waals surface area contributed by atoms with Gasteiger partial charge in [0.15, 0.2) is 5.75 Å². The first-order chi connectivity index (χ1) is 6.29. The SMILES string of the molecule is Cc1noc(-c2ccccc2)c1O. The average Bonchev–Trinajstić information content (AvgIpc) is 2.49. The summed E-state index contributed by atoms with van der Waals surface area (Å²) >= 11 is 0. The Morgan fingerprint density at radius 1 is 1.23 bits per heavy atom. The van der Waals surface area contributed by atoms with Gasteiger partial charge in [-0.15, -0.1) is 0 Å². The molecular formula is C10H9NO2. The Balaban J connectivity index is 2.53. The first kappa shape index (κ1) is 7.86. The van der Waals surface area contributed by atoms with E-state index in [9.17, 15) is 5.11 Å². The van der Waals surface area contributed by atoms with Crippen molar-refractivity contribution in [2.75, 3.05) is 0 Å². The molecule has 3 nitrogen and oxygen atoms in total. The summed E-state index contributed by atoms with van der Waals surface area (Å²) in [6, 6.07) is 9.39. The molecule has 66 valence electrons. The van der Waals surface area contributed by atoms with Crippen molar-refractivity contribution >= 4 is 0 Å². The first-order valence-electron chi connectivity index (χ1n) is 3.99.